The van der Waals surface area contributed by atoms with Gasteiger partial charge in [0.05, 0.1) is 10.2 Å². The number of benzene rings is 3. The second-order valence-electron chi connectivity index (χ2n) is 6.55. The van der Waals surface area contributed by atoms with Crippen LogP contribution in [0, 0.1) is 6.92 Å². The molecule has 6 nitrogen and oxygen atoms in total. The Bertz CT molecular complexity index is 1320. The number of rotatable bonds is 3. The first-order valence-electron chi connectivity index (χ1n) is 8.75. The summed E-state index contributed by atoms with van der Waals surface area (Å²) in [6.45, 7) is 2.08. The van der Waals surface area contributed by atoms with Crippen molar-refractivity contribution in [2.24, 2.45) is 0 Å². The third-order valence-corrected chi connectivity index (χ3v) is 5.58. The summed E-state index contributed by atoms with van der Waals surface area (Å²) < 4.78 is 1.18. The van der Waals surface area contributed by atoms with E-state index in [0.29, 0.717) is 11.1 Å². The topological polar surface area (TPSA) is 83.6 Å². The second kappa shape index (κ2) is 6.54. The van der Waals surface area contributed by atoms with Gasteiger partial charge in [-0.05, 0) is 67.1 Å². The number of aromatic amines is 1. The molecular formula is C21H15N5OS. The number of nitrogens with zero attached hydrogens (tertiary/aromatic N) is 3. The van der Waals surface area contributed by atoms with Gasteiger partial charge in [0.1, 0.15) is 16.0 Å². The van der Waals surface area contributed by atoms with Crippen molar-refractivity contribution in [1.82, 2.24) is 20.4 Å². The predicted molar refractivity (Wildman–Crippen MR) is 112 cm³/mol. The number of hydrogen-bond donors (Lipinski definition) is 2. The number of anilines is 1. The smallest absolute Gasteiger partial charge is 0.255 e. The van der Waals surface area contributed by atoms with Crippen LogP contribution in [-0.2, 0) is 0 Å². The zero-order valence-electron chi connectivity index (χ0n) is 14.9. The number of hydrogen-bond acceptors (Lipinski definition) is 5. The van der Waals surface area contributed by atoms with Crippen LogP contribution in [0.4, 0.5) is 5.69 Å². The van der Waals surface area contributed by atoms with Crippen molar-refractivity contribution in [3.05, 3.63) is 71.8 Å². The number of aryl methyl sites for hydroxylation is 1. The fraction of sp³-hybridized carbons (Fsp3) is 0.0476. The van der Waals surface area contributed by atoms with Gasteiger partial charge in [0, 0.05) is 16.8 Å². The summed E-state index contributed by atoms with van der Waals surface area (Å²) in [5, 5.41) is 14.4. The van der Waals surface area contributed by atoms with Crippen molar-refractivity contribution in [3.63, 3.8) is 0 Å². The summed E-state index contributed by atoms with van der Waals surface area (Å²) in [5.74, 6) is -0.187. The highest BCUT2D eigenvalue weighted by Crippen LogP contribution is 2.31. The number of aromatic nitrogens is 4. The Morgan fingerprint density at radius 1 is 0.929 bits per heavy atom. The minimum absolute atomic E-state index is 0.187. The molecule has 0 fully saturated rings. The van der Waals surface area contributed by atoms with Crippen LogP contribution in [0.2, 0.25) is 0 Å². The zero-order chi connectivity index (χ0) is 19.1. The highest BCUT2D eigenvalue weighted by atomic mass is 32.1. The molecule has 0 saturated carbocycles. The van der Waals surface area contributed by atoms with Gasteiger partial charge < -0.3 is 5.32 Å². The van der Waals surface area contributed by atoms with Crippen molar-refractivity contribution in [3.8, 4) is 10.6 Å². The molecule has 2 aromatic heterocycles. The Balaban J connectivity index is 1.37. The molecule has 0 aliphatic carbocycles. The van der Waals surface area contributed by atoms with Gasteiger partial charge in [-0.1, -0.05) is 6.07 Å². The second-order valence-corrected chi connectivity index (χ2v) is 7.58. The average molecular weight is 385 g/mol. The Morgan fingerprint density at radius 2 is 1.71 bits per heavy atom. The molecule has 0 radical (unpaired) electrons. The first kappa shape index (κ1) is 16.6. The molecule has 0 aliphatic heterocycles. The van der Waals surface area contributed by atoms with Crippen molar-refractivity contribution >= 4 is 44.2 Å². The molecule has 28 heavy (non-hydrogen) atoms. The molecule has 0 spiro atoms. The van der Waals surface area contributed by atoms with Crippen molar-refractivity contribution in [2.45, 2.75) is 6.92 Å². The van der Waals surface area contributed by atoms with Gasteiger partial charge in [0.15, 0.2) is 0 Å². The summed E-state index contributed by atoms with van der Waals surface area (Å²) in [7, 11) is 0. The fourth-order valence-corrected chi connectivity index (χ4v) is 4.11. The van der Waals surface area contributed by atoms with Gasteiger partial charge in [-0.2, -0.15) is 15.4 Å². The fourth-order valence-electron chi connectivity index (χ4n) is 3.04. The summed E-state index contributed by atoms with van der Waals surface area (Å²) in [6, 6.07) is 19.2. The minimum atomic E-state index is -0.187. The molecule has 5 rings (SSSR count). The largest absolute Gasteiger partial charge is 0.322 e. The van der Waals surface area contributed by atoms with Gasteiger partial charge in [0.25, 0.3) is 5.91 Å². The first-order chi connectivity index (χ1) is 13.7. The van der Waals surface area contributed by atoms with Crippen LogP contribution >= 0.6 is 11.3 Å². The lowest BCUT2D eigenvalue weighted by Gasteiger charge is -2.06. The number of carbonyl (C=O) groups excluding carboxylic acids is 1. The molecular weight excluding hydrogens is 370 g/mol. The zero-order valence-corrected chi connectivity index (χ0v) is 15.7. The number of fused-ring (bicyclic) bond motifs is 2. The van der Waals surface area contributed by atoms with E-state index in [0.717, 1.165) is 27.3 Å². The van der Waals surface area contributed by atoms with Gasteiger partial charge >= 0.3 is 0 Å². The molecule has 0 saturated heterocycles. The van der Waals surface area contributed by atoms with E-state index in [4.69, 9.17) is 4.98 Å². The minimum Gasteiger partial charge on any atom is -0.322 e. The van der Waals surface area contributed by atoms with Crippen LogP contribution < -0.4 is 5.32 Å². The van der Waals surface area contributed by atoms with E-state index in [1.807, 2.05) is 30.3 Å². The van der Waals surface area contributed by atoms with Crippen LogP contribution in [0.1, 0.15) is 15.9 Å². The average Bonchev–Trinajstić information content (AvgIpc) is 3.34. The Kier molecular flexibility index (Phi) is 3.87. The molecule has 2 N–H and O–H groups in total. The highest BCUT2D eigenvalue weighted by molar-refractivity contribution is 7.21. The van der Waals surface area contributed by atoms with Gasteiger partial charge in [-0.3, -0.25) is 4.79 Å². The Morgan fingerprint density at radius 3 is 2.57 bits per heavy atom. The lowest BCUT2D eigenvalue weighted by Crippen LogP contribution is -2.11. The molecule has 1 amide bonds. The van der Waals surface area contributed by atoms with E-state index in [1.54, 1.807) is 29.5 Å². The van der Waals surface area contributed by atoms with E-state index in [2.05, 4.69) is 39.8 Å². The van der Waals surface area contributed by atoms with Crippen LogP contribution in [0.3, 0.4) is 0 Å². The Hall–Kier alpha value is -3.58. The van der Waals surface area contributed by atoms with Crippen LogP contribution in [0.15, 0.2) is 60.7 Å². The van der Waals surface area contributed by atoms with E-state index >= 15 is 0 Å². The monoisotopic (exact) mass is 385 g/mol. The number of amides is 1. The predicted octanol–water partition coefficient (Wildman–Crippen LogP) is 4.80. The van der Waals surface area contributed by atoms with E-state index < -0.39 is 0 Å². The number of H-pyrrole nitrogens is 1. The summed E-state index contributed by atoms with van der Waals surface area (Å²) >= 11 is 1.67. The lowest BCUT2D eigenvalue weighted by atomic mass is 10.1. The van der Waals surface area contributed by atoms with E-state index in [1.165, 1.54) is 10.3 Å². The Labute approximate surface area is 164 Å². The molecule has 5 aromatic rings. The van der Waals surface area contributed by atoms with Crippen molar-refractivity contribution < 1.29 is 4.79 Å². The number of thiazole rings is 1. The highest BCUT2D eigenvalue weighted by Gasteiger charge is 2.10. The standard InChI is InChI=1S/C21H15N5OS/c1-12-2-8-17-19(10-12)28-21(23-17)13-3-6-15(7-4-13)22-20(27)14-5-9-16-18(11-14)25-26-24-16/h2-11H,1H3,(H,22,27)(H,24,25,26). The molecule has 3 aromatic carbocycles. The van der Waals surface area contributed by atoms with Crippen molar-refractivity contribution in [2.75, 3.05) is 5.32 Å². The molecule has 2 heterocycles. The normalized spacial score (nSPS) is 11.2. The summed E-state index contributed by atoms with van der Waals surface area (Å²) in [6.07, 6.45) is 0. The van der Waals surface area contributed by atoms with Crippen molar-refractivity contribution in [1.29, 1.82) is 0 Å². The molecule has 0 bridgehead atoms. The maximum atomic E-state index is 12.5. The maximum absolute atomic E-state index is 12.5. The molecule has 0 aliphatic rings. The van der Waals surface area contributed by atoms with E-state index in [-0.39, 0.29) is 5.91 Å². The van der Waals surface area contributed by atoms with Gasteiger partial charge in [-0.15, -0.1) is 11.3 Å². The van der Waals surface area contributed by atoms with Gasteiger partial charge in [0.2, 0.25) is 0 Å². The number of carbonyl (C=O) groups is 1. The van der Waals surface area contributed by atoms with Gasteiger partial charge in [-0.25, -0.2) is 4.98 Å². The van der Waals surface area contributed by atoms with E-state index in [9.17, 15) is 4.79 Å². The molecule has 0 unspecified atom stereocenters. The lowest BCUT2D eigenvalue weighted by molar-refractivity contribution is 0.102. The summed E-state index contributed by atoms with van der Waals surface area (Å²) in [5.41, 5.74) is 5.91. The SMILES string of the molecule is Cc1ccc2nc(-c3ccc(NC(=O)c4ccc5n[nH]nc5c4)cc3)sc2c1. The third kappa shape index (κ3) is 3.01. The van der Waals surface area contributed by atoms with Crippen LogP contribution in [-0.4, -0.2) is 26.3 Å². The molecule has 136 valence electrons. The number of nitrogens with one attached hydrogen (secondary N) is 2. The first-order valence-corrected chi connectivity index (χ1v) is 9.57. The molecule has 0 atom stereocenters. The maximum Gasteiger partial charge on any atom is 0.255 e. The summed E-state index contributed by atoms with van der Waals surface area (Å²) in [4.78, 5) is 17.2. The molecule has 7 heteroatoms. The van der Waals surface area contributed by atoms with Crippen LogP contribution in [0.5, 0.6) is 0 Å². The van der Waals surface area contributed by atoms with Crippen LogP contribution in [0.25, 0.3) is 31.8 Å². The quantitative estimate of drug-likeness (QED) is 0.467. The third-order valence-electron chi connectivity index (χ3n) is 4.51.